The van der Waals surface area contributed by atoms with Gasteiger partial charge in [0.1, 0.15) is 5.78 Å². The largest absolute Gasteiger partial charge is 0.303 e. The molecule has 92 valence electrons. The zero-order chi connectivity index (χ0) is 11.4. The third-order valence-electron chi connectivity index (χ3n) is 4.07. The highest BCUT2D eigenvalue weighted by molar-refractivity contribution is 5.81. The van der Waals surface area contributed by atoms with Gasteiger partial charge in [0, 0.05) is 25.4 Å². The molecule has 0 spiro atoms. The highest BCUT2D eigenvalue weighted by Crippen LogP contribution is 2.30. The van der Waals surface area contributed by atoms with E-state index in [2.05, 4.69) is 11.8 Å². The van der Waals surface area contributed by atoms with E-state index in [0.717, 1.165) is 38.3 Å². The molecule has 16 heavy (non-hydrogen) atoms. The molecule has 0 bridgehead atoms. The fraction of sp³-hybridized carbons (Fsp3) is 0.929. The highest BCUT2D eigenvalue weighted by Gasteiger charge is 2.27. The van der Waals surface area contributed by atoms with Gasteiger partial charge in [-0.15, -0.1) is 0 Å². The molecule has 2 fully saturated rings. The fourth-order valence-electron chi connectivity index (χ4n) is 2.73. The summed E-state index contributed by atoms with van der Waals surface area (Å²) in [6.07, 6.45) is 8.45. The van der Waals surface area contributed by atoms with Crippen molar-refractivity contribution in [3.05, 3.63) is 0 Å². The van der Waals surface area contributed by atoms with Crippen LogP contribution >= 0.6 is 0 Å². The highest BCUT2D eigenvalue weighted by atomic mass is 16.1. The molecule has 1 unspecified atom stereocenters. The second-order valence-corrected chi connectivity index (χ2v) is 5.56. The number of nitrogens with zero attached hydrogens (tertiary/aromatic N) is 1. The molecule has 2 saturated carbocycles. The average Bonchev–Trinajstić information content (AvgIpc) is 3.09. The maximum Gasteiger partial charge on any atom is 0.137 e. The Morgan fingerprint density at radius 2 is 1.94 bits per heavy atom. The molecule has 0 heterocycles. The summed E-state index contributed by atoms with van der Waals surface area (Å²) < 4.78 is 0. The molecule has 0 aliphatic heterocycles. The Bertz CT molecular complexity index is 235. The summed E-state index contributed by atoms with van der Waals surface area (Å²) in [5.41, 5.74) is 0. The van der Waals surface area contributed by atoms with Crippen molar-refractivity contribution in [3.63, 3.8) is 0 Å². The lowest BCUT2D eigenvalue weighted by atomic mass is 9.98. The monoisotopic (exact) mass is 223 g/mol. The van der Waals surface area contributed by atoms with Gasteiger partial charge < -0.3 is 4.90 Å². The van der Waals surface area contributed by atoms with Crippen LogP contribution in [0.3, 0.4) is 0 Å². The number of Topliss-reactive ketones (excluding diaryl/α,β-unsaturated/α-hetero) is 1. The van der Waals surface area contributed by atoms with Gasteiger partial charge in [-0.25, -0.2) is 0 Å². The Morgan fingerprint density at radius 1 is 1.12 bits per heavy atom. The molecule has 2 rings (SSSR count). The molecule has 2 aliphatic carbocycles. The van der Waals surface area contributed by atoms with Crippen LogP contribution in [0.1, 0.15) is 51.9 Å². The quantitative estimate of drug-likeness (QED) is 0.668. The Labute approximate surface area is 99.4 Å². The minimum atomic E-state index is 0.348. The van der Waals surface area contributed by atoms with Gasteiger partial charge in [0.05, 0.1) is 0 Å². The van der Waals surface area contributed by atoms with Gasteiger partial charge in [0.15, 0.2) is 0 Å². The van der Waals surface area contributed by atoms with Gasteiger partial charge in [-0.05, 0) is 38.1 Å². The van der Waals surface area contributed by atoms with Crippen molar-refractivity contribution in [1.29, 1.82) is 0 Å². The maximum atomic E-state index is 11.9. The van der Waals surface area contributed by atoms with E-state index in [0.29, 0.717) is 11.7 Å². The van der Waals surface area contributed by atoms with Crippen LogP contribution in [0.2, 0.25) is 0 Å². The van der Waals surface area contributed by atoms with Crippen LogP contribution in [0.4, 0.5) is 0 Å². The first kappa shape index (κ1) is 12.1. The summed E-state index contributed by atoms with van der Waals surface area (Å²) in [7, 11) is 0. The van der Waals surface area contributed by atoms with Crippen molar-refractivity contribution < 1.29 is 4.79 Å². The summed E-state index contributed by atoms with van der Waals surface area (Å²) in [4.78, 5) is 14.4. The minimum Gasteiger partial charge on any atom is -0.303 e. The number of ketones is 1. The standard InChI is InChI=1S/C14H25NO/c1-2-15(10-12-8-9-12)11-13-6-4-3-5-7-14(13)16/h12-13H,2-11H2,1H3. The molecule has 1 atom stereocenters. The molecule has 0 aromatic carbocycles. The predicted octanol–water partition coefficient (Wildman–Crippen LogP) is 2.87. The van der Waals surface area contributed by atoms with E-state index in [1.54, 1.807) is 0 Å². The molecule has 0 amide bonds. The molecule has 2 aliphatic rings. The molecule has 0 saturated heterocycles. The molecular weight excluding hydrogens is 198 g/mol. The lowest BCUT2D eigenvalue weighted by Gasteiger charge is -2.24. The number of rotatable bonds is 5. The number of carbonyl (C=O) groups excluding carboxylic acids is 1. The first-order chi connectivity index (χ1) is 7.79. The van der Waals surface area contributed by atoms with Crippen LogP contribution in [-0.4, -0.2) is 30.3 Å². The minimum absolute atomic E-state index is 0.348. The molecular formula is C14H25NO. The van der Waals surface area contributed by atoms with Crippen LogP contribution < -0.4 is 0 Å². The summed E-state index contributed by atoms with van der Waals surface area (Å²) in [6.45, 7) is 5.61. The second kappa shape index (κ2) is 5.81. The Hall–Kier alpha value is -0.370. The Morgan fingerprint density at radius 3 is 2.62 bits per heavy atom. The van der Waals surface area contributed by atoms with Gasteiger partial charge in [0.25, 0.3) is 0 Å². The Kier molecular flexibility index (Phi) is 4.39. The lowest BCUT2D eigenvalue weighted by molar-refractivity contribution is -0.123. The van der Waals surface area contributed by atoms with Crippen molar-refractivity contribution in [2.45, 2.75) is 51.9 Å². The molecule has 0 radical (unpaired) electrons. The van der Waals surface area contributed by atoms with E-state index in [9.17, 15) is 4.79 Å². The maximum absolute atomic E-state index is 11.9. The first-order valence-corrected chi connectivity index (χ1v) is 7.04. The van der Waals surface area contributed by atoms with E-state index in [4.69, 9.17) is 0 Å². The number of carbonyl (C=O) groups is 1. The fourth-order valence-corrected chi connectivity index (χ4v) is 2.73. The Balaban J connectivity index is 1.81. The summed E-state index contributed by atoms with van der Waals surface area (Å²) in [5.74, 6) is 1.83. The average molecular weight is 223 g/mol. The SMILES string of the molecule is CCN(CC1CC1)CC1CCCCCC1=O. The van der Waals surface area contributed by atoms with E-state index in [-0.39, 0.29) is 0 Å². The van der Waals surface area contributed by atoms with Gasteiger partial charge in [-0.2, -0.15) is 0 Å². The van der Waals surface area contributed by atoms with E-state index >= 15 is 0 Å². The van der Waals surface area contributed by atoms with Crippen LogP contribution in [0.5, 0.6) is 0 Å². The first-order valence-electron chi connectivity index (χ1n) is 7.04. The summed E-state index contributed by atoms with van der Waals surface area (Å²) in [6, 6.07) is 0. The summed E-state index contributed by atoms with van der Waals surface area (Å²) in [5, 5.41) is 0. The van der Waals surface area contributed by atoms with E-state index in [1.165, 1.54) is 32.2 Å². The van der Waals surface area contributed by atoms with Crippen LogP contribution in [0.25, 0.3) is 0 Å². The molecule has 0 aromatic heterocycles. The van der Waals surface area contributed by atoms with Gasteiger partial charge in [-0.1, -0.05) is 19.8 Å². The molecule has 0 N–H and O–H groups in total. The third kappa shape index (κ3) is 3.58. The van der Waals surface area contributed by atoms with Crippen LogP contribution in [0, 0.1) is 11.8 Å². The van der Waals surface area contributed by atoms with Crippen LogP contribution in [-0.2, 0) is 4.79 Å². The van der Waals surface area contributed by atoms with Crippen molar-refractivity contribution in [2.24, 2.45) is 11.8 Å². The normalized spacial score (nSPS) is 27.1. The lowest BCUT2D eigenvalue weighted by Crippen LogP contribution is -2.34. The third-order valence-corrected chi connectivity index (χ3v) is 4.07. The molecule has 0 aromatic rings. The second-order valence-electron chi connectivity index (χ2n) is 5.56. The smallest absolute Gasteiger partial charge is 0.137 e. The molecule has 2 heteroatoms. The summed E-state index contributed by atoms with van der Waals surface area (Å²) >= 11 is 0. The van der Waals surface area contributed by atoms with Crippen molar-refractivity contribution in [2.75, 3.05) is 19.6 Å². The van der Waals surface area contributed by atoms with E-state index in [1.807, 2.05) is 0 Å². The predicted molar refractivity (Wildman–Crippen MR) is 66.4 cm³/mol. The van der Waals surface area contributed by atoms with Crippen LogP contribution in [0.15, 0.2) is 0 Å². The van der Waals surface area contributed by atoms with E-state index < -0.39 is 0 Å². The van der Waals surface area contributed by atoms with Gasteiger partial charge in [-0.3, -0.25) is 4.79 Å². The molecule has 2 nitrogen and oxygen atoms in total. The topological polar surface area (TPSA) is 20.3 Å². The number of hydrogen-bond donors (Lipinski definition) is 0. The number of hydrogen-bond acceptors (Lipinski definition) is 2. The zero-order valence-corrected chi connectivity index (χ0v) is 10.6. The van der Waals surface area contributed by atoms with Gasteiger partial charge >= 0.3 is 0 Å². The van der Waals surface area contributed by atoms with Crippen molar-refractivity contribution >= 4 is 5.78 Å². The van der Waals surface area contributed by atoms with Gasteiger partial charge in [0.2, 0.25) is 0 Å². The zero-order valence-electron chi connectivity index (χ0n) is 10.6. The van der Waals surface area contributed by atoms with Crippen molar-refractivity contribution in [3.8, 4) is 0 Å². The van der Waals surface area contributed by atoms with Crippen molar-refractivity contribution in [1.82, 2.24) is 4.90 Å².